The summed E-state index contributed by atoms with van der Waals surface area (Å²) in [7, 11) is 0. The van der Waals surface area contributed by atoms with Gasteiger partial charge in [-0.2, -0.15) is 0 Å². The minimum Gasteiger partial charge on any atom is -0.493 e. The molecule has 5 heteroatoms. The number of rotatable bonds is 9. The van der Waals surface area contributed by atoms with Crippen molar-refractivity contribution >= 4 is 11.8 Å². The molecule has 1 aliphatic heterocycles. The van der Waals surface area contributed by atoms with Crippen LogP contribution in [0.2, 0.25) is 0 Å². The average Bonchev–Trinajstić information content (AvgIpc) is 2.83. The normalized spacial score (nSPS) is 14.4. The third-order valence-electron chi connectivity index (χ3n) is 6.13. The summed E-state index contributed by atoms with van der Waals surface area (Å²) in [6, 6.07) is 17.7. The summed E-state index contributed by atoms with van der Waals surface area (Å²) in [6.07, 6.45) is 2.94. The number of nitrogens with zero attached hydrogens (tertiary/aromatic N) is 2. The first-order chi connectivity index (χ1) is 15.5. The molecule has 0 atom stereocenters. The van der Waals surface area contributed by atoms with Gasteiger partial charge in [0.05, 0.1) is 13.0 Å². The number of benzene rings is 2. The first kappa shape index (κ1) is 23.8. The Labute approximate surface area is 192 Å². The van der Waals surface area contributed by atoms with Gasteiger partial charge in [-0.15, -0.1) is 0 Å². The van der Waals surface area contributed by atoms with Gasteiger partial charge in [0.1, 0.15) is 5.75 Å². The SMILES string of the molecule is CCCN(C(=O)CCOc1ccc(C(C)C)cc1)C1CCN(C(=O)c2ccccc2)CC1. The zero-order valence-electron chi connectivity index (χ0n) is 19.6. The Morgan fingerprint density at radius 3 is 2.28 bits per heavy atom. The Balaban J connectivity index is 1.49. The van der Waals surface area contributed by atoms with Gasteiger partial charge in [0.2, 0.25) is 5.91 Å². The molecule has 0 aromatic heterocycles. The van der Waals surface area contributed by atoms with Crippen LogP contribution in [0.25, 0.3) is 0 Å². The quantitative estimate of drug-likeness (QED) is 0.548. The van der Waals surface area contributed by atoms with Gasteiger partial charge in [0, 0.05) is 31.2 Å². The van der Waals surface area contributed by atoms with Gasteiger partial charge in [-0.25, -0.2) is 0 Å². The smallest absolute Gasteiger partial charge is 0.253 e. The molecule has 0 unspecified atom stereocenters. The van der Waals surface area contributed by atoms with Crippen molar-refractivity contribution in [2.45, 2.75) is 58.4 Å². The lowest BCUT2D eigenvalue weighted by Gasteiger charge is -2.38. The topological polar surface area (TPSA) is 49.9 Å². The Hall–Kier alpha value is -2.82. The molecule has 0 aliphatic carbocycles. The Bertz CT molecular complexity index is 856. The Morgan fingerprint density at radius 1 is 1.03 bits per heavy atom. The van der Waals surface area contributed by atoms with Crippen molar-refractivity contribution in [3.8, 4) is 5.75 Å². The fourth-order valence-electron chi connectivity index (χ4n) is 4.24. The first-order valence-electron chi connectivity index (χ1n) is 11.9. The number of amides is 2. The van der Waals surface area contributed by atoms with Crippen molar-refractivity contribution in [1.29, 1.82) is 0 Å². The van der Waals surface area contributed by atoms with Gasteiger partial charge in [0.25, 0.3) is 5.91 Å². The van der Waals surface area contributed by atoms with Crippen LogP contribution in [-0.4, -0.2) is 53.9 Å². The van der Waals surface area contributed by atoms with Crippen LogP contribution in [0.1, 0.15) is 68.3 Å². The highest BCUT2D eigenvalue weighted by molar-refractivity contribution is 5.94. The molecule has 1 fully saturated rings. The zero-order chi connectivity index (χ0) is 22.9. The van der Waals surface area contributed by atoms with Crippen molar-refractivity contribution in [3.05, 3.63) is 65.7 Å². The van der Waals surface area contributed by atoms with E-state index in [1.807, 2.05) is 52.3 Å². The first-order valence-corrected chi connectivity index (χ1v) is 11.9. The van der Waals surface area contributed by atoms with E-state index < -0.39 is 0 Å². The van der Waals surface area contributed by atoms with Crippen LogP contribution in [0.5, 0.6) is 5.75 Å². The summed E-state index contributed by atoms with van der Waals surface area (Å²) in [6.45, 7) is 8.93. The lowest BCUT2D eigenvalue weighted by molar-refractivity contribution is -0.135. The average molecular weight is 437 g/mol. The third kappa shape index (κ3) is 6.35. The van der Waals surface area contributed by atoms with E-state index in [1.54, 1.807) is 0 Å². The number of piperidine rings is 1. The van der Waals surface area contributed by atoms with Crippen LogP contribution in [0.15, 0.2) is 54.6 Å². The Kier molecular flexibility index (Phi) is 8.72. The number of carbonyl (C=O) groups excluding carboxylic acids is 2. The zero-order valence-corrected chi connectivity index (χ0v) is 19.6. The molecule has 0 spiro atoms. The highest BCUT2D eigenvalue weighted by Gasteiger charge is 2.29. The van der Waals surface area contributed by atoms with E-state index in [0.29, 0.717) is 32.0 Å². The Morgan fingerprint density at radius 2 is 1.69 bits per heavy atom. The van der Waals surface area contributed by atoms with Crippen LogP contribution in [-0.2, 0) is 4.79 Å². The predicted molar refractivity (Wildman–Crippen MR) is 128 cm³/mol. The second-order valence-corrected chi connectivity index (χ2v) is 8.80. The van der Waals surface area contributed by atoms with Gasteiger partial charge in [-0.3, -0.25) is 9.59 Å². The molecule has 2 aromatic carbocycles. The fourth-order valence-corrected chi connectivity index (χ4v) is 4.24. The van der Waals surface area contributed by atoms with Crippen LogP contribution in [0, 0.1) is 0 Å². The van der Waals surface area contributed by atoms with E-state index in [0.717, 1.165) is 37.1 Å². The molecule has 2 aromatic rings. The monoisotopic (exact) mass is 436 g/mol. The van der Waals surface area contributed by atoms with Crippen LogP contribution < -0.4 is 4.74 Å². The highest BCUT2D eigenvalue weighted by Crippen LogP contribution is 2.21. The molecule has 3 rings (SSSR count). The van der Waals surface area contributed by atoms with Crippen LogP contribution in [0.3, 0.4) is 0 Å². The maximum Gasteiger partial charge on any atom is 0.253 e. The lowest BCUT2D eigenvalue weighted by atomic mass is 10.0. The highest BCUT2D eigenvalue weighted by atomic mass is 16.5. The van der Waals surface area contributed by atoms with Crippen LogP contribution in [0.4, 0.5) is 0 Å². The van der Waals surface area contributed by atoms with E-state index in [9.17, 15) is 9.59 Å². The van der Waals surface area contributed by atoms with Gasteiger partial charge < -0.3 is 14.5 Å². The molecule has 0 N–H and O–H groups in total. The van der Waals surface area contributed by atoms with Crippen molar-refractivity contribution < 1.29 is 14.3 Å². The summed E-state index contributed by atoms with van der Waals surface area (Å²) < 4.78 is 5.82. The molecule has 0 bridgehead atoms. The molecule has 172 valence electrons. The van der Waals surface area contributed by atoms with Crippen LogP contribution >= 0.6 is 0 Å². The summed E-state index contributed by atoms with van der Waals surface area (Å²) in [5, 5.41) is 0. The number of likely N-dealkylation sites (tertiary alicyclic amines) is 1. The van der Waals surface area contributed by atoms with E-state index in [-0.39, 0.29) is 17.9 Å². The van der Waals surface area contributed by atoms with E-state index in [1.165, 1.54) is 5.56 Å². The van der Waals surface area contributed by atoms with Gasteiger partial charge >= 0.3 is 0 Å². The van der Waals surface area contributed by atoms with Crippen molar-refractivity contribution in [1.82, 2.24) is 9.80 Å². The lowest BCUT2D eigenvalue weighted by Crippen LogP contribution is -2.49. The van der Waals surface area contributed by atoms with Crippen molar-refractivity contribution in [2.75, 3.05) is 26.2 Å². The molecule has 1 heterocycles. The minimum atomic E-state index is 0.0781. The summed E-state index contributed by atoms with van der Waals surface area (Å²) in [5.74, 6) is 1.51. The summed E-state index contributed by atoms with van der Waals surface area (Å²) in [5.41, 5.74) is 2.01. The largest absolute Gasteiger partial charge is 0.493 e. The molecular formula is C27H36N2O3. The fraction of sp³-hybridized carbons (Fsp3) is 0.481. The van der Waals surface area contributed by atoms with Crippen molar-refractivity contribution in [3.63, 3.8) is 0 Å². The maximum absolute atomic E-state index is 13.0. The number of ether oxygens (including phenoxy) is 1. The molecule has 2 amide bonds. The third-order valence-corrected chi connectivity index (χ3v) is 6.13. The number of carbonyl (C=O) groups is 2. The molecule has 0 radical (unpaired) electrons. The van der Waals surface area contributed by atoms with Gasteiger partial charge in [-0.05, 0) is 55.0 Å². The molecule has 1 aliphatic rings. The molecule has 32 heavy (non-hydrogen) atoms. The second-order valence-electron chi connectivity index (χ2n) is 8.80. The molecule has 5 nitrogen and oxygen atoms in total. The number of hydrogen-bond acceptors (Lipinski definition) is 3. The van der Waals surface area contributed by atoms with E-state index in [2.05, 4.69) is 32.9 Å². The van der Waals surface area contributed by atoms with Gasteiger partial charge in [-0.1, -0.05) is 51.1 Å². The molecular weight excluding hydrogens is 400 g/mol. The number of hydrogen-bond donors (Lipinski definition) is 0. The van der Waals surface area contributed by atoms with E-state index in [4.69, 9.17) is 4.74 Å². The predicted octanol–water partition coefficient (Wildman–Crippen LogP) is 5.12. The van der Waals surface area contributed by atoms with Gasteiger partial charge in [0.15, 0.2) is 0 Å². The van der Waals surface area contributed by atoms with E-state index >= 15 is 0 Å². The standard InChI is InChI=1S/C27H36N2O3/c1-4-17-29(26(30)16-20-32-25-12-10-22(11-13-25)21(2)3)24-14-18-28(19-15-24)27(31)23-8-6-5-7-9-23/h5-13,21,24H,4,14-20H2,1-3H3. The molecule has 1 saturated heterocycles. The minimum absolute atomic E-state index is 0.0781. The molecule has 0 saturated carbocycles. The summed E-state index contributed by atoms with van der Waals surface area (Å²) in [4.78, 5) is 29.6. The van der Waals surface area contributed by atoms with Crippen molar-refractivity contribution in [2.24, 2.45) is 0 Å². The second kappa shape index (κ2) is 11.7. The maximum atomic E-state index is 13.0. The summed E-state index contributed by atoms with van der Waals surface area (Å²) >= 11 is 0.